The summed E-state index contributed by atoms with van der Waals surface area (Å²) in [5.74, 6) is 0.978. The van der Waals surface area contributed by atoms with Crippen molar-refractivity contribution in [2.24, 2.45) is 5.92 Å². The number of hydrogen-bond acceptors (Lipinski definition) is 4. The van der Waals surface area contributed by atoms with Crippen molar-refractivity contribution in [1.29, 1.82) is 0 Å². The number of ether oxygens (including phenoxy) is 1. The lowest BCUT2D eigenvalue weighted by Gasteiger charge is -2.32. The first-order valence-corrected chi connectivity index (χ1v) is 6.90. The Balaban J connectivity index is 1.80. The number of nitrogens with one attached hydrogen (secondary N) is 1. The van der Waals surface area contributed by atoms with Crippen molar-refractivity contribution in [2.75, 3.05) is 53.5 Å². The summed E-state index contributed by atoms with van der Waals surface area (Å²) in [5, 5.41) is 3.27. The van der Waals surface area contributed by atoms with E-state index in [-0.39, 0.29) is 5.91 Å². The molecule has 0 aromatic heterocycles. The molecule has 1 saturated carbocycles. The predicted octanol–water partition coefficient (Wildman–Crippen LogP) is -0.225. The Labute approximate surface area is 109 Å². The van der Waals surface area contributed by atoms with Gasteiger partial charge in [-0.3, -0.25) is 9.69 Å². The lowest BCUT2D eigenvalue weighted by atomic mass is 10.1. The molecule has 1 atom stereocenters. The highest BCUT2D eigenvalue weighted by Crippen LogP contribution is 2.35. The maximum absolute atomic E-state index is 12.2. The van der Waals surface area contributed by atoms with E-state index in [4.69, 9.17) is 4.74 Å². The third kappa shape index (κ3) is 3.67. The molecule has 5 heteroatoms. The van der Waals surface area contributed by atoms with Gasteiger partial charge in [0.05, 0.1) is 13.2 Å². The molecule has 18 heavy (non-hydrogen) atoms. The van der Waals surface area contributed by atoms with E-state index in [1.165, 1.54) is 12.8 Å². The molecule has 0 radical (unpaired) electrons. The van der Waals surface area contributed by atoms with Gasteiger partial charge in [0.1, 0.15) is 0 Å². The number of methoxy groups -OCH3 is 1. The van der Waals surface area contributed by atoms with E-state index in [9.17, 15) is 4.79 Å². The highest BCUT2D eigenvalue weighted by molar-refractivity contribution is 5.78. The van der Waals surface area contributed by atoms with E-state index in [2.05, 4.69) is 10.2 Å². The molecule has 1 saturated heterocycles. The van der Waals surface area contributed by atoms with Gasteiger partial charge >= 0.3 is 0 Å². The van der Waals surface area contributed by atoms with Crippen LogP contribution < -0.4 is 5.32 Å². The molecule has 2 aliphatic rings. The van der Waals surface area contributed by atoms with Gasteiger partial charge in [-0.25, -0.2) is 0 Å². The number of hydrogen-bond donors (Lipinski definition) is 1. The van der Waals surface area contributed by atoms with E-state index in [0.717, 1.165) is 38.7 Å². The summed E-state index contributed by atoms with van der Waals surface area (Å²) in [6, 6.07) is 0.405. The molecule has 1 aliphatic heterocycles. The summed E-state index contributed by atoms with van der Waals surface area (Å²) in [5.41, 5.74) is 0. The molecule has 1 amide bonds. The molecular formula is C13H25N3O2. The summed E-state index contributed by atoms with van der Waals surface area (Å²) in [4.78, 5) is 16.3. The van der Waals surface area contributed by atoms with Crippen LogP contribution in [-0.4, -0.2) is 75.2 Å². The smallest absolute Gasteiger partial charge is 0.236 e. The number of nitrogens with zero attached hydrogens (tertiary/aromatic N) is 2. The van der Waals surface area contributed by atoms with Crippen LogP contribution >= 0.6 is 0 Å². The second-order valence-electron chi connectivity index (χ2n) is 5.41. The Morgan fingerprint density at radius 3 is 2.67 bits per heavy atom. The van der Waals surface area contributed by atoms with E-state index >= 15 is 0 Å². The molecule has 1 heterocycles. The molecule has 2 fully saturated rings. The lowest BCUT2D eigenvalue weighted by Crippen LogP contribution is -2.51. The highest BCUT2D eigenvalue weighted by Gasteiger charge is 2.34. The van der Waals surface area contributed by atoms with Gasteiger partial charge in [-0.05, 0) is 25.8 Å². The standard InChI is InChI=1S/C13H25N3O2/c1-15(12(10-18-2)11-3-4-11)9-13(17)16-7-5-14-6-8-16/h11-12,14H,3-10H2,1-2H3. The first-order chi connectivity index (χ1) is 8.72. The second kappa shape index (κ2) is 6.50. The quantitative estimate of drug-likeness (QED) is 0.712. The average Bonchev–Trinajstić information content (AvgIpc) is 3.21. The fourth-order valence-electron chi connectivity index (χ4n) is 2.62. The minimum Gasteiger partial charge on any atom is -0.383 e. The molecule has 0 aromatic carbocycles. The summed E-state index contributed by atoms with van der Waals surface area (Å²) in [6.45, 7) is 4.76. The van der Waals surface area contributed by atoms with Gasteiger partial charge in [0.25, 0.3) is 0 Å². The SMILES string of the molecule is COCC(C1CC1)N(C)CC(=O)N1CCNCC1. The van der Waals surface area contributed by atoms with Gasteiger partial charge in [0.2, 0.25) is 5.91 Å². The zero-order chi connectivity index (χ0) is 13.0. The van der Waals surface area contributed by atoms with Crippen molar-refractivity contribution in [1.82, 2.24) is 15.1 Å². The largest absolute Gasteiger partial charge is 0.383 e. The normalized spacial score (nSPS) is 22.3. The third-order valence-corrected chi connectivity index (χ3v) is 3.92. The number of likely N-dealkylation sites (N-methyl/N-ethyl adjacent to an activating group) is 1. The van der Waals surface area contributed by atoms with E-state index in [0.29, 0.717) is 12.6 Å². The maximum atomic E-state index is 12.2. The molecular weight excluding hydrogens is 230 g/mol. The van der Waals surface area contributed by atoms with Crippen LogP contribution in [0.1, 0.15) is 12.8 Å². The Hall–Kier alpha value is -0.650. The van der Waals surface area contributed by atoms with Crippen molar-refractivity contribution in [3.8, 4) is 0 Å². The first-order valence-electron chi connectivity index (χ1n) is 6.90. The van der Waals surface area contributed by atoms with Crippen LogP contribution in [0.15, 0.2) is 0 Å². The summed E-state index contributed by atoms with van der Waals surface area (Å²) in [6.07, 6.45) is 2.56. The predicted molar refractivity (Wildman–Crippen MR) is 70.5 cm³/mol. The maximum Gasteiger partial charge on any atom is 0.236 e. The minimum atomic E-state index is 0.251. The van der Waals surface area contributed by atoms with Gasteiger partial charge in [-0.1, -0.05) is 0 Å². The molecule has 2 rings (SSSR count). The van der Waals surface area contributed by atoms with Crippen molar-refractivity contribution in [3.63, 3.8) is 0 Å². The van der Waals surface area contributed by atoms with Gasteiger partial charge in [0.15, 0.2) is 0 Å². The van der Waals surface area contributed by atoms with Crippen molar-refractivity contribution >= 4 is 5.91 Å². The molecule has 1 aliphatic carbocycles. The fraction of sp³-hybridized carbons (Fsp3) is 0.923. The first kappa shape index (κ1) is 13.8. The Morgan fingerprint density at radius 2 is 2.11 bits per heavy atom. The number of carbonyl (C=O) groups excluding carboxylic acids is 1. The van der Waals surface area contributed by atoms with Crippen molar-refractivity contribution in [3.05, 3.63) is 0 Å². The van der Waals surface area contributed by atoms with Gasteiger partial charge in [-0.2, -0.15) is 0 Å². The van der Waals surface area contributed by atoms with Crippen LogP contribution in [0.2, 0.25) is 0 Å². The van der Waals surface area contributed by atoms with Crippen molar-refractivity contribution < 1.29 is 9.53 Å². The highest BCUT2D eigenvalue weighted by atomic mass is 16.5. The molecule has 0 spiro atoms. The van der Waals surface area contributed by atoms with Crippen LogP contribution in [0.4, 0.5) is 0 Å². The van der Waals surface area contributed by atoms with Gasteiger partial charge in [-0.15, -0.1) is 0 Å². The van der Waals surface area contributed by atoms with Crippen LogP contribution in [0.3, 0.4) is 0 Å². The number of amides is 1. The second-order valence-corrected chi connectivity index (χ2v) is 5.41. The topological polar surface area (TPSA) is 44.8 Å². The lowest BCUT2D eigenvalue weighted by molar-refractivity contribution is -0.133. The molecule has 104 valence electrons. The number of piperazine rings is 1. The van der Waals surface area contributed by atoms with E-state index in [1.807, 2.05) is 11.9 Å². The summed E-state index contributed by atoms with van der Waals surface area (Å²) >= 11 is 0. The Morgan fingerprint density at radius 1 is 1.44 bits per heavy atom. The van der Waals surface area contributed by atoms with Crippen LogP contribution in [0, 0.1) is 5.92 Å². The molecule has 0 aromatic rings. The minimum absolute atomic E-state index is 0.251. The van der Waals surface area contributed by atoms with Gasteiger partial charge in [0, 0.05) is 39.3 Å². The molecule has 0 bridgehead atoms. The van der Waals surface area contributed by atoms with Crippen LogP contribution in [-0.2, 0) is 9.53 Å². The van der Waals surface area contributed by atoms with E-state index in [1.54, 1.807) is 7.11 Å². The third-order valence-electron chi connectivity index (χ3n) is 3.92. The number of rotatable bonds is 6. The van der Waals surface area contributed by atoms with Crippen LogP contribution in [0.25, 0.3) is 0 Å². The monoisotopic (exact) mass is 255 g/mol. The van der Waals surface area contributed by atoms with Crippen LogP contribution in [0.5, 0.6) is 0 Å². The van der Waals surface area contributed by atoms with E-state index < -0.39 is 0 Å². The fourth-order valence-corrected chi connectivity index (χ4v) is 2.62. The molecule has 5 nitrogen and oxygen atoms in total. The molecule has 1 unspecified atom stereocenters. The molecule has 1 N–H and O–H groups in total. The number of carbonyl (C=O) groups is 1. The summed E-state index contributed by atoms with van der Waals surface area (Å²) < 4.78 is 5.28. The Bertz CT molecular complexity index is 275. The zero-order valence-electron chi connectivity index (χ0n) is 11.5. The van der Waals surface area contributed by atoms with Crippen molar-refractivity contribution in [2.45, 2.75) is 18.9 Å². The Kier molecular flexibility index (Phi) is 4.97. The summed E-state index contributed by atoms with van der Waals surface area (Å²) in [7, 11) is 3.78. The van der Waals surface area contributed by atoms with Gasteiger partial charge < -0.3 is 15.0 Å². The average molecular weight is 255 g/mol. The zero-order valence-corrected chi connectivity index (χ0v) is 11.5.